The molecule has 16 heavy (non-hydrogen) atoms. The second kappa shape index (κ2) is 5.07. The Kier molecular flexibility index (Phi) is 3.51. The number of nitrogens with zero attached hydrogens (tertiary/aromatic N) is 1. The quantitative estimate of drug-likeness (QED) is 0.824. The zero-order valence-corrected chi connectivity index (χ0v) is 10.2. The van der Waals surface area contributed by atoms with Crippen LogP contribution in [-0.4, -0.2) is 11.2 Å². The van der Waals surface area contributed by atoms with E-state index >= 15 is 0 Å². The van der Waals surface area contributed by atoms with Crippen LogP contribution in [0.1, 0.15) is 11.3 Å². The molecule has 2 aromatic rings. The predicted molar refractivity (Wildman–Crippen MR) is 66.8 cm³/mol. The second-order valence-corrected chi connectivity index (χ2v) is 4.34. The molecule has 0 spiro atoms. The number of aryl methyl sites for hydroxylation is 1. The summed E-state index contributed by atoms with van der Waals surface area (Å²) in [5.74, 6) is 1.82. The van der Waals surface area contributed by atoms with E-state index < -0.39 is 0 Å². The first-order valence-electron chi connectivity index (χ1n) is 5.06. The van der Waals surface area contributed by atoms with Crippen molar-refractivity contribution in [2.45, 2.75) is 18.4 Å². The Bertz CT molecular complexity index is 450. The summed E-state index contributed by atoms with van der Waals surface area (Å²) in [5.41, 5.74) is 1.16. The monoisotopic (exact) mass is 234 g/mol. The lowest BCUT2D eigenvalue weighted by molar-refractivity contribution is 0.515. The molecule has 2 heterocycles. The number of anilines is 1. The highest BCUT2D eigenvalue weighted by Crippen LogP contribution is 2.16. The number of rotatable bonds is 4. The van der Waals surface area contributed by atoms with E-state index in [1.807, 2.05) is 31.5 Å². The summed E-state index contributed by atoms with van der Waals surface area (Å²) in [4.78, 5) is 5.47. The van der Waals surface area contributed by atoms with E-state index in [1.165, 1.54) is 4.90 Å². The largest absolute Gasteiger partial charge is 0.467 e. The zero-order chi connectivity index (χ0) is 11.4. The number of hydrogen-bond acceptors (Lipinski definition) is 4. The van der Waals surface area contributed by atoms with Gasteiger partial charge in [-0.25, -0.2) is 4.98 Å². The average molecular weight is 234 g/mol. The predicted octanol–water partition coefficient (Wildman–Crippen LogP) is 3.32. The number of nitrogens with one attached hydrogen (secondary N) is 1. The number of hydrogen-bond donors (Lipinski definition) is 1. The third-order valence-corrected chi connectivity index (χ3v) is 3.08. The Morgan fingerprint density at radius 2 is 2.25 bits per heavy atom. The summed E-state index contributed by atoms with van der Waals surface area (Å²) >= 11 is 1.69. The van der Waals surface area contributed by atoms with Gasteiger partial charge in [-0.15, -0.1) is 11.8 Å². The van der Waals surface area contributed by atoms with Crippen LogP contribution in [0, 0.1) is 6.92 Å². The standard InChI is InChI=1S/C12H14N2OS/c1-9-5-6-15-11(9)8-14-12-4-3-10(16-2)7-13-12/h3-7H,8H2,1-2H3,(H,13,14). The van der Waals surface area contributed by atoms with Crippen molar-refractivity contribution in [1.82, 2.24) is 4.98 Å². The fourth-order valence-corrected chi connectivity index (χ4v) is 1.72. The Balaban J connectivity index is 1.97. The van der Waals surface area contributed by atoms with Crippen molar-refractivity contribution in [1.29, 1.82) is 0 Å². The molecule has 84 valence electrons. The van der Waals surface area contributed by atoms with Crippen LogP contribution in [0.25, 0.3) is 0 Å². The molecule has 0 unspecified atom stereocenters. The number of thioether (sulfide) groups is 1. The van der Waals surface area contributed by atoms with Crippen molar-refractivity contribution < 1.29 is 4.42 Å². The molecule has 0 fully saturated rings. The second-order valence-electron chi connectivity index (χ2n) is 3.46. The molecular formula is C12H14N2OS. The van der Waals surface area contributed by atoms with Crippen LogP contribution in [0.2, 0.25) is 0 Å². The number of furan rings is 1. The molecule has 0 aromatic carbocycles. The molecule has 0 aliphatic carbocycles. The van der Waals surface area contributed by atoms with Gasteiger partial charge in [-0.1, -0.05) is 0 Å². The van der Waals surface area contributed by atoms with Crippen molar-refractivity contribution >= 4 is 17.6 Å². The van der Waals surface area contributed by atoms with Crippen LogP contribution < -0.4 is 5.32 Å². The molecular weight excluding hydrogens is 220 g/mol. The normalized spacial score (nSPS) is 10.4. The van der Waals surface area contributed by atoms with Crippen molar-refractivity contribution in [3.63, 3.8) is 0 Å². The zero-order valence-electron chi connectivity index (χ0n) is 9.36. The Morgan fingerprint density at radius 1 is 1.38 bits per heavy atom. The topological polar surface area (TPSA) is 38.1 Å². The molecule has 0 amide bonds. The Morgan fingerprint density at radius 3 is 2.81 bits per heavy atom. The van der Waals surface area contributed by atoms with Crippen LogP contribution in [0.5, 0.6) is 0 Å². The summed E-state index contributed by atoms with van der Waals surface area (Å²) in [6.45, 7) is 2.70. The first kappa shape index (κ1) is 11.1. The van der Waals surface area contributed by atoms with Gasteiger partial charge < -0.3 is 9.73 Å². The molecule has 0 aliphatic heterocycles. The van der Waals surface area contributed by atoms with Crippen molar-refractivity contribution in [3.8, 4) is 0 Å². The van der Waals surface area contributed by atoms with E-state index in [-0.39, 0.29) is 0 Å². The molecule has 1 N–H and O–H groups in total. The first-order valence-corrected chi connectivity index (χ1v) is 6.29. The molecule has 0 saturated heterocycles. The molecule has 4 heteroatoms. The van der Waals surface area contributed by atoms with Gasteiger partial charge in [-0.2, -0.15) is 0 Å². The maximum atomic E-state index is 5.34. The highest BCUT2D eigenvalue weighted by atomic mass is 32.2. The summed E-state index contributed by atoms with van der Waals surface area (Å²) in [6, 6.07) is 5.99. The Hall–Kier alpha value is -1.42. The Labute approximate surface area is 99.3 Å². The lowest BCUT2D eigenvalue weighted by Gasteiger charge is -2.04. The van der Waals surface area contributed by atoms with Gasteiger partial charge in [0.1, 0.15) is 11.6 Å². The van der Waals surface area contributed by atoms with E-state index in [4.69, 9.17) is 4.42 Å². The minimum absolute atomic E-state index is 0.671. The summed E-state index contributed by atoms with van der Waals surface area (Å²) < 4.78 is 5.34. The highest BCUT2D eigenvalue weighted by Gasteiger charge is 2.01. The summed E-state index contributed by atoms with van der Waals surface area (Å²) in [7, 11) is 0. The van der Waals surface area contributed by atoms with Gasteiger partial charge in [0.05, 0.1) is 12.8 Å². The van der Waals surface area contributed by atoms with Gasteiger partial charge in [0, 0.05) is 11.1 Å². The van der Waals surface area contributed by atoms with Gasteiger partial charge >= 0.3 is 0 Å². The minimum Gasteiger partial charge on any atom is -0.467 e. The van der Waals surface area contributed by atoms with Gasteiger partial charge in [0.15, 0.2) is 0 Å². The van der Waals surface area contributed by atoms with Crippen LogP contribution in [0.15, 0.2) is 40.0 Å². The van der Waals surface area contributed by atoms with Gasteiger partial charge in [-0.3, -0.25) is 0 Å². The fraction of sp³-hybridized carbons (Fsp3) is 0.250. The molecule has 2 aromatic heterocycles. The van der Waals surface area contributed by atoms with Crippen molar-refractivity contribution in [2.75, 3.05) is 11.6 Å². The first-order chi connectivity index (χ1) is 7.79. The van der Waals surface area contributed by atoms with Crippen LogP contribution in [0.3, 0.4) is 0 Å². The van der Waals surface area contributed by atoms with Gasteiger partial charge in [-0.05, 0) is 36.9 Å². The smallest absolute Gasteiger partial charge is 0.126 e. The van der Waals surface area contributed by atoms with E-state index in [9.17, 15) is 0 Å². The molecule has 3 nitrogen and oxygen atoms in total. The molecule has 0 radical (unpaired) electrons. The molecule has 2 rings (SSSR count). The maximum Gasteiger partial charge on any atom is 0.126 e. The number of pyridine rings is 1. The van der Waals surface area contributed by atoms with Crippen LogP contribution >= 0.6 is 11.8 Å². The summed E-state index contributed by atoms with van der Waals surface area (Å²) in [6.07, 6.45) is 5.61. The third kappa shape index (κ3) is 2.58. The van der Waals surface area contributed by atoms with Crippen molar-refractivity contribution in [3.05, 3.63) is 42.0 Å². The van der Waals surface area contributed by atoms with Crippen LogP contribution in [-0.2, 0) is 6.54 Å². The van der Waals surface area contributed by atoms with Crippen LogP contribution in [0.4, 0.5) is 5.82 Å². The van der Waals surface area contributed by atoms with Crippen molar-refractivity contribution in [2.24, 2.45) is 0 Å². The molecule has 0 bridgehead atoms. The minimum atomic E-state index is 0.671. The fourth-order valence-electron chi connectivity index (χ4n) is 1.36. The molecule has 0 atom stereocenters. The third-order valence-electron chi connectivity index (χ3n) is 2.37. The highest BCUT2D eigenvalue weighted by molar-refractivity contribution is 7.98. The van der Waals surface area contributed by atoms with E-state index in [1.54, 1.807) is 18.0 Å². The lowest BCUT2D eigenvalue weighted by Crippen LogP contribution is -2.01. The van der Waals surface area contributed by atoms with E-state index in [2.05, 4.69) is 16.4 Å². The summed E-state index contributed by atoms with van der Waals surface area (Å²) in [5, 5.41) is 3.23. The molecule has 0 aliphatic rings. The van der Waals surface area contributed by atoms with Gasteiger partial charge in [0.25, 0.3) is 0 Å². The van der Waals surface area contributed by atoms with E-state index in [0.29, 0.717) is 6.54 Å². The lowest BCUT2D eigenvalue weighted by atomic mass is 10.3. The maximum absolute atomic E-state index is 5.34. The SMILES string of the molecule is CSc1ccc(NCc2occc2C)nc1. The number of aromatic nitrogens is 1. The van der Waals surface area contributed by atoms with E-state index in [0.717, 1.165) is 17.1 Å². The van der Waals surface area contributed by atoms with Gasteiger partial charge in [0.2, 0.25) is 0 Å². The molecule has 0 saturated carbocycles. The average Bonchev–Trinajstić information content (AvgIpc) is 2.73.